The number of hydrogen-bond acceptors (Lipinski definition) is 3. The largest absolute Gasteiger partial charge is 0.497 e. The molecular formula is C17H18N2O3. The third-order valence-corrected chi connectivity index (χ3v) is 3.54. The molecule has 1 atom stereocenters. The van der Waals surface area contributed by atoms with Crippen molar-refractivity contribution in [1.82, 2.24) is 5.32 Å². The highest BCUT2D eigenvalue weighted by atomic mass is 16.5. The summed E-state index contributed by atoms with van der Waals surface area (Å²) < 4.78 is 10.8. The van der Waals surface area contributed by atoms with Gasteiger partial charge in [0.25, 0.3) is 0 Å². The molecule has 0 radical (unpaired) electrons. The van der Waals surface area contributed by atoms with Crippen LogP contribution < -0.4 is 20.1 Å². The van der Waals surface area contributed by atoms with E-state index in [1.807, 2.05) is 42.5 Å². The fraction of sp³-hybridized carbons (Fsp3) is 0.235. The SMILES string of the molecule is COc1cccc(NC(=O)NC2COc3ccccc3C2)c1. The van der Waals surface area contributed by atoms with Gasteiger partial charge in [-0.1, -0.05) is 24.3 Å². The summed E-state index contributed by atoms with van der Waals surface area (Å²) in [6.07, 6.45) is 0.766. The second-order valence-electron chi connectivity index (χ2n) is 5.15. The first kappa shape index (κ1) is 14.3. The summed E-state index contributed by atoms with van der Waals surface area (Å²) in [7, 11) is 1.59. The lowest BCUT2D eigenvalue weighted by Crippen LogP contribution is -2.44. The molecule has 5 nitrogen and oxygen atoms in total. The molecule has 5 heteroatoms. The maximum atomic E-state index is 12.1. The zero-order chi connectivity index (χ0) is 15.4. The number of anilines is 1. The average molecular weight is 298 g/mol. The van der Waals surface area contributed by atoms with Crippen molar-refractivity contribution in [2.24, 2.45) is 0 Å². The van der Waals surface area contributed by atoms with Crippen LogP contribution in [0.25, 0.3) is 0 Å². The molecule has 1 unspecified atom stereocenters. The molecule has 22 heavy (non-hydrogen) atoms. The van der Waals surface area contributed by atoms with Gasteiger partial charge in [-0.3, -0.25) is 0 Å². The number of nitrogens with one attached hydrogen (secondary N) is 2. The van der Waals surface area contributed by atoms with E-state index in [1.54, 1.807) is 13.2 Å². The van der Waals surface area contributed by atoms with Crippen LogP contribution in [0, 0.1) is 0 Å². The summed E-state index contributed by atoms with van der Waals surface area (Å²) in [4.78, 5) is 12.1. The van der Waals surface area contributed by atoms with Crippen LogP contribution in [0.5, 0.6) is 11.5 Å². The van der Waals surface area contributed by atoms with Crippen molar-refractivity contribution in [3.05, 3.63) is 54.1 Å². The molecule has 0 bridgehead atoms. The Morgan fingerprint density at radius 1 is 1.23 bits per heavy atom. The minimum Gasteiger partial charge on any atom is -0.497 e. The Balaban J connectivity index is 1.58. The molecule has 0 spiro atoms. The Labute approximate surface area is 129 Å². The maximum absolute atomic E-state index is 12.1. The molecule has 0 saturated heterocycles. The molecule has 2 aromatic rings. The highest BCUT2D eigenvalue weighted by molar-refractivity contribution is 5.89. The third-order valence-electron chi connectivity index (χ3n) is 3.54. The minimum atomic E-state index is -0.249. The van der Waals surface area contributed by atoms with Gasteiger partial charge in [-0.2, -0.15) is 0 Å². The van der Waals surface area contributed by atoms with Crippen molar-refractivity contribution in [3.63, 3.8) is 0 Å². The first-order valence-corrected chi connectivity index (χ1v) is 7.17. The Hall–Kier alpha value is -2.69. The predicted molar refractivity (Wildman–Crippen MR) is 84.6 cm³/mol. The van der Waals surface area contributed by atoms with E-state index >= 15 is 0 Å². The van der Waals surface area contributed by atoms with Gasteiger partial charge in [0.05, 0.1) is 13.2 Å². The van der Waals surface area contributed by atoms with Crippen LogP contribution in [-0.2, 0) is 6.42 Å². The standard InChI is InChI=1S/C17H18N2O3/c1-21-15-7-4-6-13(10-15)18-17(20)19-14-9-12-5-2-3-8-16(12)22-11-14/h2-8,10,14H,9,11H2,1H3,(H2,18,19,20). The molecule has 2 aromatic carbocycles. The van der Waals surface area contributed by atoms with Gasteiger partial charge in [0.15, 0.2) is 0 Å². The summed E-state index contributed by atoms with van der Waals surface area (Å²) in [5, 5.41) is 5.73. The number of benzene rings is 2. The van der Waals surface area contributed by atoms with Crippen LogP contribution in [0.15, 0.2) is 48.5 Å². The van der Waals surface area contributed by atoms with Crippen LogP contribution in [0.2, 0.25) is 0 Å². The fourth-order valence-corrected chi connectivity index (χ4v) is 2.47. The third kappa shape index (κ3) is 3.31. The summed E-state index contributed by atoms with van der Waals surface area (Å²) in [5.74, 6) is 1.60. The van der Waals surface area contributed by atoms with E-state index in [1.165, 1.54) is 0 Å². The smallest absolute Gasteiger partial charge is 0.319 e. The summed E-state index contributed by atoms with van der Waals surface area (Å²) in [5.41, 5.74) is 1.80. The second-order valence-corrected chi connectivity index (χ2v) is 5.15. The topological polar surface area (TPSA) is 59.6 Å². The molecule has 1 aliphatic rings. The number of amides is 2. The molecule has 2 amide bonds. The Morgan fingerprint density at radius 3 is 2.95 bits per heavy atom. The minimum absolute atomic E-state index is 0.0412. The van der Waals surface area contributed by atoms with E-state index < -0.39 is 0 Å². The predicted octanol–water partition coefficient (Wildman–Crippen LogP) is 2.82. The molecule has 2 N–H and O–H groups in total. The van der Waals surface area contributed by atoms with Crippen LogP contribution in [0.1, 0.15) is 5.56 Å². The number of hydrogen-bond donors (Lipinski definition) is 2. The Kier molecular flexibility index (Phi) is 4.14. The molecule has 114 valence electrons. The summed E-state index contributed by atoms with van der Waals surface area (Å²) in [6, 6.07) is 14.8. The van der Waals surface area contributed by atoms with E-state index in [9.17, 15) is 4.79 Å². The van der Waals surface area contributed by atoms with E-state index in [-0.39, 0.29) is 12.1 Å². The molecule has 0 aliphatic carbocycles. The van der Waals surface area contributed by atoms with Gasteiger partial charge in [0.1, 0.15) is 18.1 Å². The van der Waals surface area contributed by atoms with Crippen LogP contribution in [-0.4, -0.2) is 25.8 Å². The first-order valence-electron chi connectivity index (χ1n) is 7.17. The zero-order valence-corrected chi connectivity index (χ0v) is 12.3. The molecule has 3 rings (SSSR count). The highest BCUT2D eigenvalue weighted by Crippen LogP contribution is 2.24. The van der Waals surface area contributed by atoms with E-state index in [4.69, 9.17) is 9.47 Å². The number of fused-ring (bicyclic) bond motifs is 1. The van der Waals surface area contributed by atoms with Crippen LogP contribution >= 0.6 is 0 Å². The van der Waals surface area contributed by atoms with Crippen molar-refractivity contribution < 1.29 is 14.3 Å². The van der Waals surface area contributed by atoms with Crippen molar-refractivity contribution in [3.8, 4) is 11.5 Å². The zero-order valence-electron chi connectivity index (χ0n) is 12.3. The maximum Gasteiger partial charge on any atom is 0.319 e. The van der Waals surface area contributed by atoms with Gasteiger partial charge in [-0.05, 0) is 30.2 Å². The number of carbonyl (C=O) groups is 1. The highest BCUT2D eigenvalue weighted by Gasteiger charge is 2.20. The number of urea groups is 1. The second kappa shape index (κ2) is 6.39. The molecule has 0 aromatic heterocycles. The molecule has 1 aliphatic heterocycles. The number of carbonyl (C=O) groups excluding carboxylic acids is 1. The molecule has 1 heterocycles. The van der Waals surface area contributed by atoms with Gasteiger partial charge in [0, 0.05) is 11.8 Å². The summed E-state index contributed by atoms with van der Waals surface area (Å²) >= 11 is 0. The Bertz CT molecular complexity index is 672. The van der Waals surface area contributed by atoms with Gasteiger partial charge in [0.2, 0.25) is 0 Å². The van der Waals surface area contributed by atoms with Gasteiger partial charge < -0.3 is 20.1 Å². The molecule has 0 saturated carbocycles. The first-order chi connectivity index (χ1) is 10.7. The lowest BCUT2D eigenvalue weighted by Gasteiger charge is -2.26. The quantitative estimate of drug-likeness (QED) is 0.916. The molecule has 0 fully saturated rings. The van der Waals surface area contributed by atoms with Crippen molar-refractivity contribution in [2.75, 3.05) is 19.0 Å². The number of para-hydroxylation sites is 1. The van der Waals surface area contributed by atoms with Crippen LogP contribution in [0.4, 0.5) is 10.5 Å². The van der Waals surface area contributed by atoms with E-state index in [2.05, 4.69) is 10.6 Å². The number of ether oxygens (including phenoxy) is 2. The molecular weight excluding hydrogens is 280 g/mol. The van der Waals surface area contributed by atoms with Crippen molar-refractivity contribution in [1.29, 1.82) is 0 Å². The van der Waals surface area contributed by atoms with E-state index in [0.29, 0.717) is 18.0 Å². The van der Waals surface area contributed by atoms with Crippen molar-refractivity contribution in [2.45, 2.75) is 12.5 Å². The fourth-order valence-electron chi connectivity index (χ4n) is 2.47. The van der Waals surface area contributed by atoms with Gasteiger partial charge in [-0.25, -0.2) is 4.79 Å². The lowest BCUT2D eigenvalue weighted by molar-refractivity contribution is 0.222. The number of methoxy groups -OCH3 is 1. The van der Waals surface area contributed by atoms with Crippen LogP contribution in [0.3, 0.4) is 0 Å². The number of rotatable bonds is 3. The van der Waals surface area contributed by atoms with Gasteiger partial charge >= 0.3 is 6.03 Å². The van der Waals surface area contributed by atoms with Crippen molar-refractivity contribution >= 4 is 11.7 Å². The van der Waals surface area contributed by atoms with Gasteiger partial charge in [-0.15, -0.1) is 0 Å². The van der Waals surface area contributed by atoms with E-state index in [0.717, 1.165) is 17.7 Å². The Morgan fingerprint density at radius 2 is 2.09 bits per heavy atom. The normalized spacial score (nSPS) is 16.1. The lowest BCUT2D eigenvalue weighted by atomic mass is 10.0. The average Bonchev–Trinajstić information content (AvgIpc) is 2.55. The monoisotopic (exact) mass is 298 g/mol. The summed E-state index contributed by atoms with van der Waals surface area (Å²) in [6.45, 7) is 0.475.